The maximum Gasteiger partial charge on any atom is 0.160 e. The third-order valence-electron chi connectivity index (χ3n) is 2.69. The lowest BCUT2D eigenvalue weighted by atomic mass is 10.1. The lowest BCUT2D eigenvalue weighted by molar-refractivity contribution is -0.112. The first-order valence-corrected chi connectivity index (χ1v) is 6.20. The van der Waals surface area contributed by atoms with Gasteiger partial charge < -0.3 is 14.8 Å². The molecule has 19 heavy (non-hydrogen) atoms. The van der Waals surface area contributed by atoms with Gasteiger partial charge in [0, 0.05) is 12.2 Å². The number of ketones is 1. The zero-order chi connectivity index (χ0) is 14.3. The molecule has 4 heteroatoms. The van der Waals surface area contributed by atoms with Crippen LogP contribution in [-0.4, -0.2) is 26.5 Å². The molecule has 0 amide bonds. The molecule has 0 atom stereocenters. The lowest BCUT2D eigenvalue weighted by Gasteiger charge is -2.10. The summed E-state index contributed by atoms with van der Waals surface area (Å²) < 4.78 is 10.4. The highest BCUT2D eigenvalue weighted by atomic mass is 16.5. The molecule has 0 aliphatic carbocycles. The smallest absolute Gasteiger partial charge is 0.160 e. The van der Waals surface area contributed by atoms with Gasteiger partial charge in [-0.2, -0.15) is 0 Å². The maximum absolute atomic E-state index is 10.9. The van der Waals surface area contributed by atoms with Crippen LogP contribution in [0.25, 0.3) is 0 Å². The standard InChI is InChI=1S/C15H21NO3/c1-11(9-12(2)17)16-8-7-13-5-6-14(18-3)15(10-13)19-4/h5-6,9-10,16H,7-8H2,1-4H3/b11-9+. The first-order valence-electron chi connectivity index (χ1n) is 6.20. The summed E-state index contributed by atoms with van der Waals surface area (Å²) in [5, 5.41) is 3.20. The van der Waals surface area contributed by atoms with Gasteiger partial charge in [-0.25, -0.2) is 0 Å². The number of ether oxygens (including phenoxy) is 2. The largest absolute Gasteiger partial charge is 0.493 e. The average molecular weight is 263 g/mol. The van der Waals surface area contributed by atoms with Crippen LogP contribution in [0, 0.1) is 0 Å². The van der Waals surface area contributed by atoms with Gasteiger partial charge in [-0.15, -0.1) is 0 Å². The fourth-order valence-electron chi connectivity index (χ4n) is 1.80. The average Bonchev–Trinajstić information content (AvgIpc) is 2.37. The van der Waals surface area contributed by atoms with E-state index in [1.807, 2.05) is 25.1 Å². The molecule has 0 aromatic heterocycles. The summed E-state index contributed by atoms with van der Waals surface area (Å²) in [5.74, 6) is 1.51. The number of methoxy groups -OCH3 is 2. The summed E-state index contributed by atoms with van der Waals surface area (Å²) >= 11 is 0. The van der Waals surface area contributed by atoms with Crippen LogP contribution in [0.3, 0.4) is 0 Å². The molecule has 1 aromatic carbocycles. The molecule has 0 heterocycles. The molecule has 0 aliphatic rings. The summed E-state index contributed by atoms with van der Waals surface area (Å²) in [7, 11) is 3.24. The fourth-order valence-corrected chi connectivity index (χ4v) is 1.80. The second-order valence-corrected chi connectivity index (χ2v) is 4.30. The first kappa shape index (κ1) is 15.1. The third kappa shape index (κ3) is 5.04. The zero-order valence-corrected chi connectivity index (χ0v) is 11.9. The van der Waals surface area contributed by atoms with Gasteiger partial charge in [0.25, 0.3) is 0 Å². The van der Waals surface area contributed by atoms with Crippen LogP contribution < -0.4 is 14.8 Å². The number of rotatable bonds is 7. The molecule has 1 N–H and O–H groups in total. The number of carbonyl (C=O) groups excluding carboxylic acids is 1. The molecule has 0 bridgehead atoms. The molecule has 0 saturated heterocycles. The van der Waals surface area contributed by atoms with Crippen molar-refractivity contribution in [3.63, 3.8) is 0 Å². The van der Waals surface area contributed by atoms with Gasteiger partial charge in [0.2, 0.25) is 0 Å². The van der Waals surface area contributed by atoms with Gasteiger partial charge in [-0.3, -0.25) is 4.79 Å². The van der Waals surface area contributed by atoms with E-state index >= 15 is 0 Å². The number of carbonyl (C=O) groups is 1. The lowest BCUT2D eigenvalue weighted by Crippen LogP contribution is -2.15. The van der Waals surface area contributed by atoms with Crippen molar-refractivity contribution >= 4 is 5.78 Å². The Kier molecular flexibility index (Phi) is 5.93. The van der Waals surface area contributed by atoms with Crippen molar-refractivity contribution in [1.82, 2.24) is 5.32 Å². The summed E-state index contributed by atoms with van der Waals surface area (Å²) in [5.41, 5.74) is 2.04. The molecule has 1 aromatic rings. The van der Waals surface area contributed by atoms with Crippen molar-refractivity contribution in [2.45, 2.75) is 20.3 Å². The second-order valence-electron chi connectivity index (χ2n) is 4.30. The number of nitrogens with one attached hydrogen (secondary N) is 1. The van der Waals surface area contributed by atoms with E-state index in [0.717, 1.165) is 35.7 Å². The van der Waals surface area contributed by atoms with E-state index < -0.39 is 0 Å². The monoisotopic (exact) mass is 263 g/mol. The first-order chi connectivity index (χ1) is 9.06. The maximum atomic E-state index is 10.9. The van der Waals surface area contributed by atoms with Crippen molar-refractivity contribution in [1.29, 1.82) is 0 Å². The molecule has 104 valence electrons. The van der Waals surface area contributed by atoms with E-state index in [-0.39, 0.29) is 5.78 Å². The highest BCUT2D eigenvalue weighted by Gasteiger charge is 2.04. The molecular weight excluding hydrogens is 242 g/mol. The Morgan fingerprint density at radius 2 is 1.89 bits per heavy atom. The van der Waals surface area contributed by atoms with Crippen molar-refractivity contribution in [2.75, 3.05) is 20.8 Å². The van der Waals surface area contributed by atoms with Gasteiger partial charge in [0.1, 0.15) is 0 Å². The molecule has 0 saturated carbocycles. The van der Waals surface area contributed by atoms with Gasteiger partial charge in [0.15, 0.2) is 17.3 Å². The Bertz CT molecular complexity index is 466. The van der Waals surface area contributed by atoms with Gasteiger partial charge in [-0.05, 0) is 44.0 Å². The van der Waals surface area contributed by atoms with Gasteiger partial charge in [0.05, 0.1) is 14.2 Å². The van der Waals surface area contributed by atoms with Gasteiger partial charge >= 0.3 is 0 Å². The predicted octanol–water partition coefficient (Wildman–Crippen LogP) is 2.33. The van der Waals surface area contributed by atoms with Crippen molar-refractivity contribution in [3.8, 4) is 11.5 Å². The highest BCUT2D eigenvalue weighted by Crippen LogP contribution is 2.27. The summed E-state index contributed by atoms with van der Waals surface area (Å²) in [6, 6.07) is 5.87. The third-order valence-corrected chi connectivity index (χ3v) is 2.69. The second kappa shape index (κ2) is 7.46. The summed E-state index contributed by atoms with van der Waals surface area (Å²) in [6.45, 7) is 4.20. The zero-order valence-electron chi connectivity index (χ0n) is 11.9. The van der Waals surface area contributed by atoms with Crippen LogP contribution >= 0.6 is 0 Å². The number of hydrogen-bond donors (Lipinski definition) is 1. The number of benzene rings is 1. The van der Waals surface area contributed by atoms with E-state index in [1.54, 1.807) is 27.2 Å². The SMILES string of the molecule is COc1ccc(CCN/C(C)=C/C(C)=O)cc1OC. The fraction of sp³-hybridized carbons (Fsp3) is 0.400. The molecule has 0 spiro atoms. The number of hydrogen-bond acceptors (Lipinski definition) is 4. The summed E-state index contributed by atoms with van der Waals surface area (Å²) in [4.78, 5) is 10.9. The normalized spacial score (nSPS) is 11.1. The molecule has 1 rings (SSSR count). The van der Waals surface area contributed by atoms with E-state index in [2.05, 4.69) is 5.32 Å². The van der Waals surface area contributed by atoms with Gasteiger partial charge in [-0.1, -0.05) is 6.07 Å². The molecule has 0 fully saturated rings. The van der Waals surface area contributed by atoms with Crippen LogP contribution in [0.1, 0.15) is 19.4 Å². The Morgan fingerprint density at radius 1 is 1.21 bits per heavy atom. The van der Waals surface area contributed by atoms with Crippen LogP contribution in [0.15, 0.2) is 30.0 Å². The Morgan fingerprint density at radius 3 is 2.47 bits per heavy atom. The summed E-state index contributed by atoms with van der Waals surface area (Å²) in [6.07, 6.45) is 2.44. The topological polar surface area (TPSA) is 47.6 Å². The van der Waals surface area contributed by atoms with Crippen molar-refractivity contribution < 1.29 is 14.3 Å². The minimum atomic E-state index is 0.0520. The van der Waals surface area contributed by atoms with E-state index in [0.29, 0.717) is 0 Å². The van der Waals surface area contributed by atoms with E-state index in [4.69, 9.17) is 9.47 Å². The van der Waals surface area contributed by atoms with Crippen molar-refractivity contribution in [3.05, 3.63) is 35.5 Å². The molecule has 4 nitrogen and oxygen atoms in total. The Balaban J connectivity index is 2.56. The molecule has 0 radical (unpaired) electrons. The van der Waals surface area contributed by atoms with E-state index in [9.17, 15) is 4.79 Å². The molecule has 0 aliphatic heterocycles. The quantitative estimate of drug-likeness (QED) is 0.767. The Labute approximate surface area is 114 Å². The van der Waals surface area contributed by atoms with Crippen molar-refractivity contribution in [2.24, 2.45) is 0 Å². The minimum absolute atomic E-state index is 0.0520. The predicted molar refractivity (Wildman–Crippen MR) is 75.7 cm³/mol. The van der Waals surface area contributed by atoms with Crippen LogP contribution in [0.2, 0.25) is 0 Å². The van der Waals surface area contributed by atoms with Crippen LogP contribution in [-0.2, 0) is 11.2 Å². The highest BCUT2D eigenvalue weighted by molar-refractivity contribution is 5.87. The van der Waals surface area contributed by atoms with Crippen LogP contribution in [0.4, 0.5) is 0 Å². The van der Waals surface area contributed by atoms with E-state index in [1.165, 1.54) is 0 Å². The number of allylic oxidation sites excluding steroid dienone is 2. The minimum Gasteiger partial charge on any atom is -0.493 e. The van der Waals surface area contributed by atoms with Crippen LogP contribution in [0.5, 0.6) is 11.5 Å². The Hall–Kier alpha value is -1.97. The molecule has 0 unspecified atom stereocenters. The molecular formula is C15H21NO3.